The molecular weight excluding hydrogens is 356 g/mol. The van der Waals surface area contributed by atoms with Gasteiger partial charge >= 0.3 is 0 Å². The fourth-order valence-electron chi connectivity index (χ4n) is 3.21. The van der Waals surface area contributed by atoms with Crippen LogP contribution in [0.2, 0.25) is 0 Å². The van der Waals surface area contributed by atoms with Gasteiger partial charge in [-0.1, -0.05) is 12.1 Å². The number of ether oxygens (including phenoxy) is 1. The van der Waals surface area contributed by atoms with Crippen LogP contribution in [0.3, 0.4) is 0 Å². The maximum absolute atomic E-state index is 5.65. The Morgan fingerprint density at radius 2 is 2.26 bits per heavy atom. The Labute approximate surface area is 146 Å². The van der Waals surface area contributed by atoms with E-state index in [1.165, 1.54) is 12.1 Å². The number of halogens is 1. The summed E-state index contributed by atoms with van der Waals surface area (Å²) in [7, 11) is 1.82. The second-order valence-electron chi connectivity index (χ2n) is 6.12. The topological polar surface area (TPSA) is 48.9 Å². The molecule has 0 aromatic heterocycles. The number of nitrogens with one attached hydrogen (secondary N) is 2. The predicted octanol–water partition coefficient (Wildman–Crippen LogP) is 2.37. The van der Waals surface area contributed by atoms with Crippen LogP contribution in [0.4, 0.5) is 5.69 Å². The van der Waals surface area contributed by atoms with Gasteiger partial charge in [0.15, 0.2) is 5.96 Å². The summed E-state index contributed by atoms with van der Waals surface area (Å²) in [6, 6.07) is 8.81. The Balaban J connectivity index is 1.49. The highest BCUT2D eigenvalue weighted by Crippen LogP contribution is 2.28. The Morgan fingerprint density at radius 1 is 1.39 bits per heavy atom. The molecular formula is C17H25BrN4O. The third-order valence-corrected chi connectivity index (χ3v) is 5.14. The third kappa shape index (κ3) is 4.38. The van der Waals surface area contributed by atoms with E-state index in [1.54, 1.807) is 0 Å². The van der Waals surface area contributed by atoms with Gasteiger partial charge in [0, 0.05) is 43.8 Å². The van der Waals surface area contributed by atoms with Crippen molar-refractivity contribution in [2.24, 2.45) is 4.99 Å². The monoisotopic (exact) mass is 380 g/mol. The lowest BCUT2D eigenvalue weighted by molar-refractivity contribution is 0.113. The van der Waals surface area contributed by atoms with Crippen LogP contribution in [0.5, 0.6) is 0 Å². The van der Waals surface area contributed by atoms with Crippen LogP contribution in [-0.4, -0.2) is 51.4 Å². The van der Waals surface area contributed by atoms with Crippen molar-refractivity contribution in [1.29, 1.82) is 0 Å². The molecule has 0 spiro atoms. The van der Waals surface area contributed by atoms with E-state index in [2.05, 4.69) is 60.7 Å². The van der Waals surface area contributed by atoms with Gasteiger partial charge in [-0.05, 0) is 47.3 Å². The molecule has 5 nitrogen and oxygen atoms in total. The van der Waals surface area contributed by atoms with Crippen molar-refractivity contribution >= 4 is 27.6 Å². The number of nitrogens with zero attached hydrogens (tertiary/aromatic N) is 2. The molecule has 2 N–H and O–H groups in total. The lowest BCUT2D eigenvalue weighted by Gasteiger charge is -2.22. The van der Waals surface area contributed by atoms with Gasteiger partial charge < -0.3 is 20.3 Å². The summed E-state index contributed by atoms with van der Waals surface area (Å²) in [6.45, 7) is 3.77. The third-order valence-electron chi connectivity index (χ3n) is 4.47. The van der Waals surface area contributed by atoms with Crippen molar-refractivity contribution in [3.05, 3.63) is 28.7 Å². The van der Waals surface area contributed by atoms with Gasteiger partial charge in [0.25, 0.3) is 0 Å². The van der Waals surface area contributed by atoms with E-state index in [0.29, 0.717) is 12.1 Å². The highest BCUT2D eigenvalue weighted by molar-refractivity contribution is 9.10. The van der Waals surface area contributed by atoms with E-state index in [9.17, 15) is 0 Å². The largest absolute Gasteiger partial charge is 0.376 e. The van der Waals surface area contributed by atoms with E-state index >= 15 is 0 Å². The number of aliphatic imine (C=N–C) groups is 1. The fraction of sp³-hybridized carbons (Fsp3) is 0.588. The van der Waals surface area contributed by atoms with E-state index in [0.717, 1.165) is 49.5 Å². The SMILES string of the molecule is CN=C(NCC1CCCO1)NC1CCN(c2ccccc2Br)C1. The van der Waals surface area contributed by atoms with Crippen LogP contribution >= 0.6 is 15.9 Å². The first kappa shape index (κ1) is 16.6. The van der Waals surface area contributed by atoms with E-state index in [1.807, 2.05) is 7.05 Å². The van der Waals surface area contributed by atoms with Gasteiger partial charge in [-0.3, -0.25) is 4.99 Å². The molecule has 2 unspecified atom stereocenters. The molecule has 1 aromatic carbocycles. The predicted molar refractivity (Wildman–Crippen MR) is 98.2 cm³/mol. The van der Waals surface area contributed by atoms with Gasteiger partial charge in [0.2, 0.25) is 0 Å². The quantitative estimate of drug-likeness (QED) is 0.621. The van der Waals surface area contributed by atoms with Crippen LogP contribution in [0.15, 0.2) is 33.7 Å². The smallest absolute Gasteiger partial charge is 0.191 e. The lowest BCUT2D eigenvalue weighted by Crippen LogP contribution is -2.46. The minimum atomic E-state index is 0.328. The summed E-state index contributed by atoms with van der Waals surface area (Å²) in [5.41, 5.74) is 1.26. The van der Waals surface area contributed by atoms with E-state index in [4.69, 9.17) is 4.74 Å². The summed E-state index contributed by atoms with van der Waals surface area (Å²) >= 11 is 3.64. The van der Waals surface area contributed by atoms with Crippen molar-refractivity contribution in [2.75, 3.05) is 38.2 Å². The average molecular weight is 381 g/mol. The lowest BCUT2D eigenvalue weighted by atomic mass is 10.2. The number of rotatable bonds is 4. The molecule has 0 amide bonds. The van der Waals surface area contributed by atoms with Crippen LogP contribution in [0.1, 0.15) is 19.3 Å². The summed E-state index contributed by atoms with van der Waals surface area (Å²) in [5, 5.41) is 6.93. The fourth-order valence-corrected chi connectivity index (χ4v) is 3.74. The molecule has 2 heterocycles. The Kier molecular flexibility index (Phi) is 5.78. The normalized spacial score (nSPS) is 25.0. The van der Waals surface area contributed by atoms with E-state index in [-0.39, 0.29) is 0 Å². The molecule has 23 heavy (non-hydrogen) atoms. The van der Waals surface area contributed by atoms with Crippen LogP contribution in [0.25, 0.3) is 0 Å². The molecule has 2 aliphatic rings. The van der Waals surface area contributed by atoms with Crippen molar-refractivity contribution in [3.8, 4) is 0 Å². The highest BCUT2D eigenvalue weighted by atomic mass is 79.9. The summed E-state index contributed by atoms with van der Waals surface area (Å²) in [6.07, 6.45) is 3.75. The molecule has 0 saturated carbocycles. The number of hydrogen-bond acceptors (Lipinski definition) is 3. The second kappa shape index (κ2) is 8.02. The van der Waals surface area contributed by atoms with Crippen molar-refractivity contribution in [3.63, 3.8) is 0 Å². The molecule has 1 aromatic rings. The van der Waals surface area contributed by atoms with Gasteiger partial charge in [0.1, 0.15) is 0 Å². The first-order valence-electron chi connectivity index (χ1n) is 8.34. The van der Waals surface area contributed by atoms with Crippen molar-refractivity contribution < 1.29 is 4.74 Å². The molecule has 126 valence electrons. The molecule has 0 bridgehead atoms. The zero-order valence-electron chi connectivity index (χ0n) is 13.6. The zero-order valence-corrected chi connectivity index (χ0v) is 15.2. The maximum atomic E-state index is 5.65. The number of para-hydroxylation sites is 1. The minimum Gasteiger partial charge on any atom is -0.376 e. The number of hydrogen-bond donors (Lipinski definition) is 2. The van der Waals surface area contributed by atoms with Crippen LogP contribution in [0, 0.1) is 0 Å². The van der Waals surface area contributed by atoms with Gasteiger partial charge in [-0.2, -0.15) is 0 Å². The van der Waals surface area contributed by atoms with Gasteiger partial charge in [-0.15, -0.1) is 0 Å². The highest BCUT2D eigenvalue weighted by Gasteiger charge is 2.25. The Hall–Kier alpha value is -1.27. The number of benzene rings is 1. The molecule has 6 heteroatoms. The summed E-state index contributed by atoms with van der Waals surface area (Å²) in [5.74, 6) is 0.875. The standard InChI is InChI=1S/C17H25BrN4O/c1-19-17(20-11-14-5-4-10-23-14)21-13-8-9-22(12-13)16-7-3-2-6-15(16)18/h2-3,6-7,13-14H,4-5,8-12H2,1H3,(H2,19,20,21). The summed E-state index contributed by atoms with van der Waals surface area (Å²) in [4.78, 5) is 6.75. The number of anilines is 1. The average Bonchev–Trinajstić information content (AvgIpc) is 3.23. The van der Waals surface area contributed by atoms with Crippen molar-refractivity contribution in [1.82, 2.24) is 10.6 Å². The first-order chi connectivity index (χ1) is 11.3. The van der Waals surface area contributed by atoms with Gasteiger partial charge in [-0.25, -0.2) is 0 Å². The maximum Gasteiger partial charge on any atom is 0.191 e. The second-order valence-corrected chi connectivity index (χ2v) is 6.97. The molecule has 2 aliphatic heterocycles. The zero-order chi connectivity index (χ0) is 16.1. The Bertz CT molecular complexity index is 545. The molecule has 2 atom stereocenters. The minimum absolute atomic E-state index is 0.328. The number of guanidine groups is 1. The van der Waals surface area contributed by atoms with Gasteiger partial charge in [0.05, 0.1) is 11.8 Å². The first-order valence-corrected chi connectivity index (χ1v) is 9.14. The molecule has 2 saturated heterocycles. The van der Waals surface area contributed by atoms with E-state index < -0.39 is 0 Å². The molecule has 2 fully saturated rings. The summed E-state index contributed by atoms with van der Waals surface area (Å²) < 4.78 is 6.80. The van der Waals surface area contributed by atoms with Crippen LogP contribution in [-0.2, 0) is 4.74 Å². The van der Waals surface area contributed by atoms with Crippen LogP contribution < -0.4 is 15.5 Å². The molecule has 0 aliphatic carbocycles. The van der Waals surface area contributed by atoms with Crippen molar-refractivity contribution in [2.45, 2.75) is 31.4 Å². The molecule has 3 rings (SSSR count). The molecule has 0 radical (unpaired) electrons. The Morgan fingerprint density at radius 3 is 3.00 bits per heavy atom.